The van der Waals surface area contributed by atoms with Gasteiger partial charge in [-0.1, -0.05) is 50.5 Å². The van der Waals surface area contributed by atoms with Crippen LogP contribution in [0.15, 0.2) is 0 Å². The lowest BCUT2D eigenvalue weighted by Crippen LogP contribution is -2.20. The first-order valence-corrected chi connectivity index (χ1v) is 5.39. The first-order valence-electron chi connectivity index (χ1n) is 4.48. The lowest BCUT2D eigenvalue weighted by molar-refractivity contribution is 0.366. The van der Waals surface area contributed by atoms with E-state index in [1.54, 1.807) is 0 Å². The Morgan fingerprint density at radius 1 is 1.09 bits per heavy atom. The molecule has 68 valence electrons. The Kier molecular flexibility index (Phi) is 4.69. The van der Waals surface area contributed by atoms with Gasteiger partial charge in [0, 0.05) is 4.83 Å². The van der Waals surface area contributed by atoms with Crippen molar-refractivity contribution in [1.82, 2.24) is 0 Å². The van der Waals surface area contributed by atoms with Gasteiger partial charge >= 0.3 is 0 Å². The summed E-state index contributed by atoms with van der Waals surface area (Å²) in [6.45, 7) is 11.4. The van der Waals surface area contributed by atoms with Crippen LogP contribution in [0.2, 0.25) is 0 Å². The van der Waals surface area contributed by atoms with Crippen molar-refractivity contribution in [3.8, 4) is 0 Å². The van der Waals surface area contributed by atoms with Crippen LogP contribution in [-0.4, -0.2) is 4.83 Å². The second kappa shape index (κ2) is 4.49. The summed E-state index contributed by atoms with van der Waals surface area (Å²) in [6.07, 6.45) is 2.62. The standard InChI is InChI=1S/C10H21Br/c1-8(2)6-7-9(11)10(3,4)5/h8-9H,6-7H2,1-5H3. The second-order valence-electron chi connectivity index (χ2n) is 4.80. The van der Waals surface area contributed by atoms with Crippen LogP contribution in [0, 0.1) is 11.3 Å². The van der Waals surface area contributed by atoms with Gasteiger partial charge in [-0.05, 0) is 24.2 Å². The molecule has 0 aromatic carbocycles. The molecule has 1 heteroatoms. The molecule has 0 fully saturated rings. The van der Waals surface area contributed by atoms with E-state index in [-0.39, 0.29) is 0 Å². The number of halogens is 1. The minimum atomic E-state index is 0.412. The minimum absolute atomic E-state index is 0.412. The fourth-order valence-electron chi connectivity index (χ4n) is 0.913. The van der Waals surface area contributed by atoms with Crippen molar-refractivity contribution in [2.45, 2.75) is 52.3 Å². The van der Waals surface area contributed by atoms with E-state index >= 15 is 0 Å². The van der Waals surface area contributed by atoms with Crippen LogP contribution in [-0.2, 0) is 0 Å². The molecular weight excluding hydrogens is 200 g/mol. The van der Waals surface area contributed by atoms with E-state index in [9.17, 15) is 0 Å². The molecule has 0 nitrogen and oxygen atoms in total. The molecule has 0 aliphatic carbocycles. The largest absolute Gasteiger partial charge is 0.0885 e. The predicted molar refractivity (Wildman–Crippen MR) is 56.2 cm³/mol. The van der Waals surface area contributed by atoms with E-state index in [0.29, 0.717) is 10.2 Å². The van der Waals surface area contributed by atoms with E-state index in [1.807, 2.05) is 0 Å². The van der Waals surface area contributed by atoms with Crippen molar-refractivity contribution >= 4 is 15.9 Å². The van der Waals surface area contributed by atoms with Crippen LogP contribution >= 0.6 is 15.9 Å². The zero-order valence-electron chi connectivity index (χ0n) is 8.45. The average molecular weight is 221 g/mol. The number of hydrogen-bond acceptors (Lipinski definition) is 0. The Morgan fingerprint density at radius 2 is 1.55 bits per heavy atom. The summed E-state index contributed by atoms with van der Waals surface area (Å²) >= 11 is 3.73. The molecule has 0 saturated carbocycles. The van der Waals surface area contributed by atoms with Gasteiger partial charge in [-0.3, -0.25) is 0 Å². The van der Waals surface area contributed by atoms with Gasteiger partial charge in [-0.15, -0.1) is 0 Å². The highest BCUT2D eigenvalue weighted by Crippen LogP contribution is 2.30. The molecule has 0 N–H and O–H groups in total. The lowest BCUT2D eigenvalue weighted by atomic mass is 9.88. The molecule has 1 atom stereocenters. The van der Waals surface area contributed by atoms with Gasteiger partial charge in [-0.2, -0.15) is 0 Å². The van der Waals surface area contributed by atoms with Crippen molar-refractivity contribution in [3.05, 3.63) is 0 Å². The van der Waals surface area contributed by atoms with Crippen molar-refractivity contribution in [2.75, 3.05) is 0 Å². The Bertz CT molecular complexity index is 99.9. The van der Waals surface area contributed by atoms with Crippen molar-refractivity contribution in [3.63, 3.8) is 0 Å². The molecule has 0 heterocycles. The van der Waals surface area contributed by atoms with Gasteiger partial charge in [0.2, 0.25) is 0 Å². The van der Waals surface area contributed by atoms with Crippen LogP contribution in [0.4, 0.5) is 0 Å². The third-order valence-electron chi connectivity index (χ3n) is 1.94. The van der Waals surface area contributed by atoms with Crippen LogP contribution < -0.4 is 0 Å². The van der Waals surface area contributed by atoms with E-state index < -0.39 is 0 Å². The first-order chi connectivity index (χ1) is 4.84. The molecule has 0 bridgehead atoms. The van der Waals surface area contributed by atoms with Crippen LogP contribution in [0.5, 0.6) is 0 Å². The fourth-order valence-corrected chi connectivity index (χ4v) is 1.18. The zero-order chi connectivity index (χ0) is 9.07. The second-order valence-corrected chi connectivity index (χ2v) is 5.91. The Morgan fingerprint density at radius 3 is 1.82 bits per heavy atom. The van der Waals surface area contributed by atoms with Gasteiger partial charge in [-0.25, -0.2) is 0 Å². The molecular formula is C10H21Br. The normalized spacial score (nSPS) is 15.5. The predicted octanol–water partition coefficient (Wildman–Crippen LogP) is 4.23. The minimum Gasteiger partial charge on any atom is -0.0885 e. The molecule has 0 amide bonds. The maximum Gasteiger partial charge on any atom is 0.0194 e. The SMILES string of the molecule is CC(C)CCC(Br)C(C)(C)C. The molecule has 0 spiro atoms. The van der Waals surface area contributed by atoms with Gasteiger partial charge in [0.05, 0.1) is 0 Å². The van der Waals surface area contributed by atoms with E-state index in [4.69, 9.17) is 0 Å². The topological polar surface area (TPSA) is 0 Å². The van der Waals surface area contributed by atoms with E-state index in [2.05, 4.69) is 50.5 Å². The third kappa shape index (κ3) is 5.72. The maximum atomic E-state index is 3.73. The van der Waals surface area contributed by atoms with E-state index in [0.717, 1.165) is 5.92 Å². The lowest BCUT2D eigenvalue weighted by Gasteiger charge is -2.25. The third-order valence-corrected chi connectivity index (χ3v) is 3.77. The smallest absolute Gasteiger partial charge is 0.0194 e. The molecule has 0 aromatic heterocycles. The summed E-state index contributed by atoms with van der Waals surface area (Å²) < 4.78 is 0. The van der Waals surface area contributed by atoms with Gasteiger partial charge < -0.3 is 0 Å². The van der Waals surface area contributed by atoms with Gasteiger partial charge in [0.25, 0.3) is 0 Å². The Hall–Kier alpha value is 0.480. The molecule has 1 unspecified atom stereocenters. The molecule has 0 saturated heterocycles. The Labute approximate surface area is 79.9 Å². The summed E-state index contributed by atoms with van der Waals surface area (Å²) in [5.41, 5.74) is 0.412. The van der Waals surface area contributed by atoms with E-state index in [1.165, 1.54) is 12.8 Å². The molecule has 0 rings (SSSR count). The van der Waals surface area contributed by atoms with Gasteiger partial charge in [0.15, 0.2) is 0 Å². The monoisotopic (exact) mass is 220 g/mol. The van der Waals surface area contributed by atoms with Crippen molar-refractivity contribution < 1.29 is 0 Å². The average Bonchev–Trinajstić information content (AvgIpc) is 1.80. The van der Waals surface area contributed by atoms with Crippen LogP contribution in [0.25, 0.3) is 0 Å². The molecule has 0 aliphatic heterocycles. The quantitative estimate of drug-likeness (QED) is 0.625. The highest BCUT2D eigenvalue weighted by Gasteiger charge is 2.21. The summed E-state index contributed by atoms with van der Waals surface area (Å²) in [7, 11) is 0. The van der Waals surface area contributed by atoms with Crippen LogP contribution in [0.1, 0.15) is 47.5 Å². The molecule has 0 aliphatic rings. The highest BCUT2D eigenvalue weighted by atomic mass is 79.9. The summed E-state index contributed by atoms with van der Waals surface area (Å²) in [4.78, 5) is 0.664. The first kappa shape index (κ1) is 11.5. The molecule has 0 aromatic rings. The highest BCUT2D eigenvalue weighted by molar-refractivity contribution is 9.09. The number of rotatable bonds is 3. The fraction of sp³-hybridized carbons (Fsp3) is 1.00. The molecule has 11 heavy (non-hydrogen) atoms. The zero-order valence-corrected chi connectivity index (χ0v) is 10.0. The summed E-state index contributed by atoms with van der Waals surface area (Å²) in [5, 5.41) is 0. The van der Waals surface area contributed by atoms with Gasteiger partial charge in [0.1, 0.15) is 0 Å². The maximum absolute atomic E-state index is 3.73. The van der Waals surface area contributed by atoms with Crippen molar-refractivity contribution in [2.24, 2.45) is 11.3 Å². The van der Waals surface area contributed by atoms with Crippen LogP contribution in [0.3, 0.4) is 0 Å². The number of alkyl halides is 1. The summed E-state index contributed by atoms with van der Waals surface area (Å²) in [6, 6.07) is 0. The Balaban J connectivity index is 3.61. The summed E-state index contributed by atoms with van der Waals surface area (Å²) in [5.74, 6) is 0.831. The number of hydrogen-bond donors (Lipinski definition) is 0. The molecule has 0 radical (unpaired) electrons. The van der Waals surface area contributed by atoms with Crippen molar-refractivity contribution in [1.29, 1.82) is 0 Å².